The summed E-state index contributed by atoms with van der Waals surface area (Å²) in [6.45, 7) is 1.56. The number of aryl methyl sites for hydroxylation is 1. The quantitative estimate of drug-likeness (QED) is 0.578. The molecular weight excluding hydrogens is 360 g/mol. The van der Waals surface area contributed by atoms with Gasteiger partial charge < -0.3 is 23.7 Å². The van der Waals surface area contributed by atoms with Crippen molar-refractivity contribution in [1.29, 1.82) is 0 Å². The molecule has 0 saturated carbocycles. The monoisotopic (exact) mass is 386 g/mol. The van der Waals surface area contributed by atoms with Gasteiger partial charge in [-0.2, -0.15) is 0 Å². The van der Waals surface area contributed by atoms with E-state index < -0.39 is 0 Å². The number of benzene rings is 2. The molecule has 0 bridgehead atoms. The normalized spacial score (nSPS) is 10.3. The summed E-state index contributed by atoms with van der Waals surface area (Å²) in [5.74, 6) is 2.00. The highest BCUT2D eigenvalue weighted by Crippen LogP contribution is 2.34. The van der Waals surface area contributed by atoms with Crippen LogP contribution in [0.3, 0.4) is 0 Å². The lowest BCUT2D eigenvalue weighted by Gasteiger charge is -2.15. The van der Waals surface area contributed by atoms with Crippen molar-refractivity contribution in [3.63, 3.8) is 0 Å². The van der Waals surface area contributed by atoms with Crippen LogP contribution in [0, 0.1) is 0 Å². The van der Waals surface area contributed by atoms with Gasteiger partial charge in [0.25, 0.3) is 0 Å². The van der Waals surface area contributed by atoms with Gasteiger partial charge in [-0.1, -0.05) is 0 Å². The average Bonchev–Trinajstić information content (AvgIpc) is 2.71. The molecule has 0 heterocycles. The molecule has 28 heavy (non-hydrogen) atoms. The zero-order valence-corrected chi connectivity index (χ0v) is 17.0. The zero-order chi connectivity index (χ0) is 20.7. The molecule has 0 unspecified atom stereocenters. The van der Waals surface area contributed by atoms with E-state index in [9.17, 15) is 9.59 Å². The molecule has 2 aromatic rings. The van der Waals surface area contributed by atoms with Crippen molar-refractivity contribution in [2.24, 2.45) is 0 Å². The molecule has 0 aliphatic heterocycles. The number of methoxy groups -OCH3 is 4. The number of Topliss-reactive ketones (excluding diaryl/α,β-unsaturated/α-hetero) is 1. The molecule has 2 aromatic carbocycles. The summed E-state index contributed by atoms with van der Waals surface area (Å²) in [5, 5.41) is 0. The largest absolute Gasteiger partial charge is 0.493 e. The molecule has 0 aliphatic rings. The fourth-order valence-corrected chi connectivity index (χ4v) is 3.00. The van der Waals surface area contributed by atoms with Gasteiger partial charge >= 0.3 is 0 Å². The summed E-state index contributed by atoms with van der Waals surface area (Å²) >= 11 is 0. The Hall–Kier alpha value is -3.02. The second-order valence-electron chi connectivity index (χ2n) is 6.32. The highest BCUT2D eigenvalue weighted by Gasteiger charge is 2.19. The fraction of sp³-hybridized carbons (Fsp3) is 0.364. The lowest BCUT2D eigenvalue weighted by atomic mass is 9.94. The van der Waals surface area contributed by atoms with Gasteiger partial charge in [-0.3, -0.25) is 4.79 Å². The fourth-order valence-electron chi connectivity index (χ4n) is 3.00. The van der Waals surface area contributed by atoms with Crippen molar-refractivity contribution in [2.45, 2.75) is 26.2 Å². The predicted molar refractivity (Wildman–Crippen MR) is 106 cm³/mol. The topological polar surface area (TPSA) is 71.1 Å². The van der Waals surface area contributed by atoms with E-state index in [0.29, 0.717) is 53.4 Å². The number of hydrogen-bond donors (Lipinski definition) is 0. The highest BCUT2D eigenvalue weighted by atomic mass is 16.5. The van der Waals surface area contributed by atoms with Crippen molar-refractivity contribution in [2.75, 3.05) is 28.4 Å². The molecule has 0 atom stereocenters. The van der Waals surface area contributed by atoms with E-state index in [-0.39, 0.29) is 11.6 Å². The SMILES string of the molecule is COc1ccc(C(=O)c2cc(OC)c(OC)cc2CCCC(C)=O)cc1OC. The van der Waals surface area contributed by atoms with Crippen LogP contribution in [0.1, 0.15) is 41.3 Å². The van der Waals surface area contributed by atoms with Crippen LogP contribution in [0.2, 0.25) is 0 Å². The number of carbonyl (C=O) groups is 2. The van der Waals surface area contributed by atoms with E-state index in [4.69, 9.17) is 18.9 Å². The van der Waals surface area contributed by atoms with E-state index in [0.717, 1.165) is 5.56 Å². The molecule has 6 nitrogen and oxygen atoms in total. The zero-order valence-electron chi connectivity index (χ0n) is 17.0. The van der Waals surface area contributed by atoms with E-state index >= 15 is 0 Å². The van der Waals surface area contributed by atoms with Crippen molar-refractivity contribution >= 4 is 11.6 Å². The minimum atomic E-state index is -0.167. The van der Waals surface area contributed by atoms with Crippen molar-refractivity contribution < 1.29 is 28.5 Å². The second-order valence-corrected chi connectivity index (χ2v) is 6.32. The van der Waals surface area contributed by atoms with Crippen LogP contribution in [-0.4, -0.2) is 40.0 Å². The van der Waals surface area contributed by atoms with Crippen molar-refractivity contribution in [3.05, 3.63) is 47.0 Å². The van der Waals surface area contributed by atoms with Gasteiger partial charge in [-0.05, 0) is 55.7 Å². The Labute approximate surface area is 165 Å². The summed E-state index contributed by atoms with van der Waals surface area (Å²) in [7, 11) is 6.14. The lowest BCUT2D eigenvalue weighted by Crippen LogP contribution is -2.08. The van der Waals surface area contributed by atoms with Crippen LogP contribution in [-0.2, 0) is 11.2 Å². The Kier molecular flexibility index (Phi) is 7.44. The molecule has 6 heteroatoms. The van der Waals surface area contributed by atoms with Crippen LogP contribution in [0.5, 0.6) is 23.0 Å². The predicted octanol–water partition coefficient (Wildman–Crippen LogP) is 3.86. The van der Waals surface area contributed by atoms with Crippen LogP contribution >= 0.6 is 0 Å². The summed E-state index contributed by atoms with van der Waals surface area (Å²) < 4.78 is 21.3. The number of ketones is 2. The molecule has 0 amide bonds. The standard InChI is InChI=1S/C22H26O6/c1-14(23)7-6-8-15-11-20(27-4)21(28-5)13-17(15)22(24)16-9-10-18(25-2)19(12-16)26-3/h9-13H,6-8H2,1-5H3. The average molecular weight is 386 g/mol. The smallest absolute Gasteiger partial charge is 0.193 e. The van der Waals surface area contributed by atoms with Gasteiger partial charge in [0.2, 0.25) is 0 Å². The number of hydrogen-bond acceptors (Lipinski definition) is 6. The van der Waals surface area contributed by atoms with Crippen LogP contribution in [0.4, 0.5) is 0 Å². The Morgan fingerprint density at radius 3 is 1.93 bits per heavy atom. The molecule has 0 fully saturated rings. The van der Waals surface area contributed by atoms with Crippen LogP contribution in [0.15, 0.2) is 30.3 Å². The summed E-state index contributed by atoms with van der Waals surface area (Å²) in [5.41, 5.74) is 1.78. The summed E-state index contributed by atoms with van der Waals surface area (Å²) in [6, 6.07) is 8.52. The molecule has 0 saturated heterocycles. The number of ether oxygens (including phenoxy) is 4. The summed E-state index contributed by atoms with van der Waals surface area (Å²) in [6.07, 6.45) is 1.68. The first-order valence-corrected chi connectivity index (χ1v) is 8.96. The van der Waals surface area contributed by atoms with E-state index in [1.807, 2.05) is 0 Å². The van der Waals surface area contributed by atoms with Gasteiger partial charge in [0.1, 0.15) is 5.78 Å². The number of carbonyl (C=O) groups excluding carboxylic acids is 2. The van der Waals surface area contributed by atoms with Crippen LogP contribution in [0.25, 0.3) is 0 Å². The van der Waals surface area contributed by atoms with E-state index in [1.165, 1.54) is 14.2 Å². The Balaban J connectivity index is 2.48. The van der Waals surface area contributed by atoms with Crippen molar-refractivity contribution in [1.82, 2.24) is 0 Å². The number of rotatable bonds is 10. The molecular formula is C22H26O6. The minimum absolute atomic E-state index is 0.119. The van der Waals surface area contributed by atoms with Gasteiger partial charge in [0, 0.05) is 17.5 Å². The third kappa shape index (κ3) is 4.82. The first-order chi connectivity index (χ1) is 13.4. The molecule has 2 rings (SSSR count). The second kappa shape index (κ2) is 9.78. The third-order valence-corrected chi connectivity index (χ3v) is 4.47. The Bertz CT molecular complexity index is 856. The van der Waals surface area contributed by atoms with E-state index in [1.54, 1.807) is 51.5 Å². The molecule has 0 aromatic heterocycles. The molecule has 0 aliphatic carbocycles. The Morgan fingerprint density at radius 1 is 0.786 bits per heavy atom. The first kappa shape index (κ1) is 21.3. The highest BCUT2D eigenvalue weighted by molar-refractivity contribution is 6.10. The first-order valence-electron chi connectivity index (χ1n) is 8.96. The third-order valence-electron chi connectivity index (χ3n) is 4.47. The molecule has 0 radical (unpaired) electrons. The lowest BCUT2D eigenvalue weighted by molar-refractivity contribution is -0.117. The molecule has 0 spiro atoms. The summed E-state index contributed by atoms with van der Waals surface area (Å²) in [4.78, 5) is 24.5. The van der Waals surface area contributed by atoms with Crippen molar-refractivity contribution in [3.8, 4) is 23.0 Å². The van der Waals surface area contributed by atoms with Crippen LogP contribution < -0.4 is 18.9 Å². The maximum absolute atomic E-state index is 13.2. The molecule has 150 valence electrons. The van der Waals surface area contributed by atoms with Gasteiger partial charge in [0.05, 0.1) is 28.4 Å². The van der Waals surface area contributed by atoms with E-state index in [2.05, 4.69) is 0 Å². The maximum Gasteiger partial charge on any atom is 0.193 e. The van der Waals surface area contributed by atoms with Gasteiger partial charge in [0.15, 0.2) is 28.8 Å². The van der Waals surface area contributed by atoms with Gasteiger partial charge in [-0.15, -0.1) is 0 Å². The minimum Gasteiger partial charge on any atom is -0.493 e. The molecule has 0 N–H and O–H groups in total. The van der Waals surface area contributed by atoms with Gasteiger partial charge in [-0.25, -0.2) is 0 Å². The maximum atomic E-state index is 13.2. The Morgan fingerprint density at radius 2 is 1.36 bits per heavy atom.